The maximum Gasteiger partial charge on any atom is 0.355 e. The summed E-state index contributed by atoms with van der Waals surface area (Å²) in [5, 5.41) is 16.2. The second-order valence-electron chi connectivity index (χ2n) is 6.85. The first-order valence-corrected chi connectivity index (χ1v) is 11.2. The van der Waals surface area contributed by atoms with Crippen molar-refractivity contribution in [2.45, 2.75) is 0 Å². The molecule has 4 rings (SSSR count). The number of nitro groups is 1. The van der Waals surface area contributed by atoms with E-state index in [4.69, 9.17) is 27.9 Å². The number of carbonyl (C=O) groups excluding carboxylic acids is 2. The zero-order valence-corrected chi connectivity index (χ0v) is 19.4. The smallest absolute Gasteiger partial charge is 0.355 e. The molecule has 0 aliphatic heterocycles. The van der Waals surface area contributed by atoms with Gasteiger partial charge in [-0.1, -0.05) is 35.3 Å². The van der Waals surface area contributed by atoms with Crippen molar-refractivity contribution in [2.24, 2.45) is 5.10 Å². The van der Waals surface area contributed by atoms with Crippen LogP contribution in [0, 0.1) is 10.1 Å². The highest BCUT2D eigenvalue weighted by atomic mass is 35.5. The van der Waals surface area contributed by atoms with Crippen molar-refractivity contribution in [3.05, 3.63) is 103 Å². The minimum absolute atomic E-state index is 0.107. The van der Waals surface area contributed by atoms with Crippen LogP contribution in [0.15, 0.2) is 71.8 Å². The second-order valence-corrected chi connectivity index (χ2v) is 8.72. The summed E-state index contributed by atoms with van der Waals surface area (Å²) in [4.78, 5) is 35.2. The molecular weight excluding hydrogens is 501 g/mol. The first kappa shape index (κ1) is 23.4. The fourth-order valence-corrected chi connectivity index (χ4v) is 4.60. The number of ether oxygens (including phenoxy) is 1. The van der Waals surface area contributed by atoms with E-state index in [9.17, 15) is 19.7 Å². The molecule has 1 amide bonds. The van der Waals surface area contributed by atoms with Crippen LogP contribution in [0.5, 0.6) is 5.75 Å². The summed E-state index contributed by atoms with van der Waals surface area (Å²) in [5.74, 6) is -0.880. The number of hydrogen-bond acceptors (Lipinski definition) is 7. The first-order chi connectivity index (χ1) is 16.3. The van der Waals surface area contributed by atoms with Gasteiger partial charge in [0.05, 0.1) is 16.2 Å². The number of non-ortho nitro benzene ring substituents is 1. The number of nitro benzene ring substituents is 1. The minimum atomic E-state index is -0.591. The lowest BCUT2D eigenvalue weighted by atomic mass is 10.2. The van der Waals surface area contributed by atoms with E-state index in [1.807, 2.05) is 0 Å². The number of halogens is 2. The van der Waals surface area contributed by atoms with Gasteiger partial charge in [0.15, 0.2) is 0 Å². The van der Waals surface area contributed by atoms with Gasteiger partial charge in [0.1, 0.15) is 10.6 Å². The van der Waals surface area contributed by atoms with E-state index in [2.05, 4.69) is 10.5 Å². The fraction of sp³-hybridized carbons (Fsp3) is 0. The lowest BCUT2D eigenvalue weighted by Gasteiger charge is -2.03. The van der Waals surface area contributed by atoms with Gasteiger partial charge in [-0.3, -0.25) is 14.9 Å². The Hall–Kier alpha value is -3.79. The molecule has 0 radical (unpaired) electrons. The van der Waals surface area contributed by atoms with E-state index in [-0.39, 0.29) is 16.1 Å². The number of nitrogens with one attached hydrogen (secondary N) is 1. The van der Waals surface area contributed by atoms with Gasteiger partial charge in [-0.25, -0.2) is 10.2 Å². The summed E-state index contributed by atoms with van der Waals surface area (Å²) < 4.78 is 6.19. The Morgan fingerprint density at radius 1 is 1.06 bits per heavy atom. The number of benzene rings is 3. The largest absolute Gasteiger partial charge is 0.422 e. The number of hydrazone groups is 1. The molecule has 0 spiro atoms. The summed E-state index contributed by atoms with van der Waals surface area (Å²) in [6, 6.07) is 16.9. The Balaban J connectivity index is 1.38. The SMILES string of the molecule is O=C(N/N=C/c1ccc(OC(=O)c2sc3cc(Cl)ccc3c2Cl)cc1)c1cccc([N+](=O)[O-])c1. The average molecular weight is 514 g/mol. The summed E-state index contributed by atoms with van der Waals surface area (Å²) >= 11 is 13.5. The Labute approximate surface area is 206 Å². The number of fused-ring (bicyclic) bond motifs is 1. The van der Waals surface area contributed by atoms with Crippen molar-refractivity contribution >= 4 is 68.4 Å². The predicted octanol–water partition coefficient (Wildman–Crippen LogP) is 6.10. The maximum absolute atomic E-state index is 12.6. The van der Waals surface area contributed by atoms with Crippen molar-refractivity contribution < 1.29 is 19.2 Å². The molecule has 0 unspecified atom stereocenters. The van der Waals surface area contributed by atoms with Gasteiger partial charge in [0.2, 0.25) is 0 Å². The maximum atomic E-state index is 12.6. The molecule has 4 aromatic rings. The highest BCUT2D eigenvalue weighted by molar-refractivity contribution is 7.21. The molecule has 170 valence electrons. The molecule has 1 N–H and O–H groups in total. The van der Waals surface area contributed by atoms with E-state index >= 15 is 0 Å². The number of esters is 1. The van der Waals surface area contributed by atoms with Crippen LogP contribution in [-0.2, 0) is 0 Å². The van der Waals surface area contributed by atoms with E-state index in [1.54, 1.807) is 42.5 Å². The number of amides is 1. The van der Waals surface area contributed by atoms with Crippen molar-refractivity contribution in [1.82, 2.24) is 5.43 Å². The Kier molecular flexibility index (Phi) is 6.87. The van der Waals surface area contributed by atoms with Gasteiger partial charge in [0, 0.05) is 32.8 Å². The van der Waals surface area contributed by atoms with E-state index in [1.165, 1.54) is 35.8 Å². The van der Waals surface area contributed by atoms with Crippen LogP contribution in [0.25, 0.3) is 10.1 Å². The number of nitrogens with zero attached hydrogens (tertiary/aromatic N) is 2. The Morgan fingerprint density at radius 3 is 2.56 bits per heavy atom. The van der Waals surface area contributed by atoms with Gasteiger partial charge in [-0.2, -0.15) is 5.10 Å². The van der Waals surface area contributed by atoms with Gasteiger partial charge in [-0.15, -0.1) is 11.3 Å². The monoisotopic (exact) mass is 513 g/mol. The number of hydrogen-bond donors (Lipinski definition) is 1. The highest BCUT2D eigenvalue weighted by Gasteiger charge is 2.19. The number of rotatable bonds is 6. The zero-order valence-electron chi connectivity index (χ0n) is 17.0. The number of thiophene rings is 1. The molecule has 0 saturated carbocycles. The molecular formula is C23H13Cl2N3O5S. The van der Waals surface area contributed by atoms with Crippen LogP contribution in [0.2, 0.25) is 10.0 Å². The van der Waals surface area contributed by atoms with E-state index in [0.29, 0.717) is 21.4 Å². The summed E-state index contributed by atoms with van der Waals surface area (Å²) in [6.07, 6.45) is 1.38. The second kappa shape index (κ2) is 10.0. The highest BCUT2D eigenvalue weighted by Crippen LogP contribution is 2.37. The zero-order chi connectivity index (χ0) is 24.2. The topological polar surface area (TPSA) is 111 Å². The van der Waals surface area contributed by atoms with Gasteiger partial charge in [-0.05, 0) is 48.0 Å². The fourth-order valence-electron chi connectivity index (χ4n) is 2.94. The quantitative estimate of drug-likeness (QED) is 0.110. The Bertz CT molecular complexity index is 1450. The molecule has 11 heteroatoms. The van der Waals surface area contributed by atoms with Crippen molar-refractivity contribution in [3.8, 4) is 5.75 Å². The molecule has 0 atom stereocenters. The third-order valence-corrected chi connectivity index (χ3v) is 6.44. The molecule has 3 aromatic carbocycles. The molecule has 1 aromatic heterocycles. The van der Waals surface area contributed by atoms with Gasteiger partial charge < -0.3 is 4.74 Å². The normalized spacial score (nSPS) is 11.0. The van der Waals surface area contributed by atoms with Crippen molar-refractivity contribution in [3.63, 3.8) is 0 Å². The summed E-state index contributed by atoms with van der Waals surface area (Å²) in [5.41, 5.74) is 2.84. The van der Waals surface area contributed by atoms with Crippen molar-refractivity contribution in [2.75, 3.05) is 0 Å². The molecule has 0 saturated heterocycles. The minimum Gasteiger partial charge on any atom is -0.422 e. The molecule has 1 heterocycles. The van der Waals surface area contributed by atoms with E-state index in [0.717, 1.165) is 16.2 Å². The molecule has 0 aliphatic carbocycles. The van der Waals surface area contributed by atoms with Crippen LogP contribution in [0.4, 0.5) is 5.69 Å². The van der Waals surface area contributed by atoms with Crippen LogP contribution < -0.4 is 10.2 Å². The average Bonchev–Trinajstić information content (AvgIpc) is 3.15. The third-order valence-electron chi connectivity index (χ3n) is 4.57. The number of carbonyl (C=O) groups is 2. The molecule has 0 fully saturated rings. The van der Waals surface area contributed by atoms with Crippen LogP contribution in [-0.4, -0.2) is 23.0 Å². The lowest BCUT2D eigenvalue weighted by molar-refractivity contribution is -0.384. The summed E-state index contributed by atoms with van der Waals surface area (Å²) in [6.45, 7) is 0. The Morgan fingerprint density at radius 2 is 1.82 bits per heavy atom. The first-order valence-electron chi connectivity index (χ1n) is 9.59. The molecule has 34 heavy (non-hydrogen) atoms. The van der Waals surface area contributed by atoms with Gasteiger partial charge in [0.25, 0.3) is 11.6 Å². The molecule has 0 aliphatic rings. The standard InChI is InChI=1S/C23H13Cl2N3O5S/c24-15-6-9-18-19(11-15)34-21(20(18)25)23(30)33-17-7-4-13(5-8-17)12-26-27-22(29)14-2-1-3-16(10-14)28(31)32/h1-12H,(H,27,29)/b26-12+. The van der Waals surface area contributed by atoms with Crippen LogP contribution >= 0.6 is 34.5 Å². The van der Waals surface area contributed by atoms with Crippen LogP contribution in [0.1, 0.15) is 25.6 Å². The lowest BCUT2D eigenvalue weighted by Crippen LogP contribution is -2.17. The van der Waals surface area contributed by atoms with Gasteiger partial charge >= 0.3 is 5.97 Å². The predicted molar refractivity (Wildman–Crippen MR) is 131 cm³/mol. The summed E-state index contributed by atoms with van der Waals surface area (Å²) in [7, 11) is 0. The van der Waals surface area contributed by atoms with Crippen molar-refractivity contribution in [1.29, 1.82) is 0 Å². The molecule has 8 nitrogen and oxygen atoms in total. The van der Waals surface area contributed by atoms with E-state index < -0.39 is 16.8 Å². The molecule has 0 bridgehead atoms. The van der Waals surface area contributed by atoms with Crippen LogP contribution in [0.3, 0.4) is 0 Å². The third kappa shape index (κ3) is 5.23.